The number of aliphatic hydroxyl groups is 1. The summed E-state index contributed by atoms with van der Waals surface area (Å²) in [6, 6.07) is 13.4. The van der Waals surface area contributed by atoms with Crippen molar-refractivity contribution in [1.29, 1.82) is 0 Å². The van der Waals surface area contributed by atoms with Crippen molar-refractivity contribution in [2.75, 3.05) is 39.9 Å². The summed E-state index contributed by atoms with van der Waals surface area (Å²) in [5.74, 6) is -0.404. The molecule has 2 aromatic rings. The Bertz CT molecular complexity index is 1010. The second kappa shape index (κ2) is 11.0. The third-order valence-corrected chi connectivity index (χ3v) is 5.94. The molecule has 0 aliphatic carbocycles. The summed E-state index contributed by atoms with van der Waals surface area (Å²) in [4.78, 5) is 30.0. The Kier molecular flexibility index (Phi) is 8.11. The van der Waals surface area contributed by atoms with Crippen LogP contribution in [0.5, 0.6) is 11.5 Å². The Morgan fingerprint density at radius 2 is 1.73 bits per heavy atom. The number of hydrogen-bond acceptors (Lipinski definition) is 6. The van der Waals surface area contributed by atoms with Crippen molar-refractivity contribution >= 4 is 17.4 Å². The first-order valence-electron chi connectivity index (χ1n) is 11.3. The molecule has 1 aliphatic heterocycles. The van der Waals surface area contributed by atoms with E-state index in [-0.39, 0.29) is 11.3 Å². The molecule has 176 valence electrons. The number of rotatable bonds is 10. The third-order valence-electron chi connectivity index (χ3n) is 5.94. The van der Waals surface area contributed by atoms with Crippen molar-refractivity contribution in [3.63, 3.8) is 0 Å². The summed E-state index contributed by atoms with van der Waals surface area (Å²) in [5, 5.41) is 11.1. The highest BCUT2D eigenvalue weighted by Gasteiger charge is 2.46. The number of Topliss-reactive ketones (excluding diaryl/α,β-unsaturated/α-hetero) is 1. The molecule has 1 fully saturated rings. The van der Waals surface area contributed by atoms with Gasteiger partial charge in [-0.15, -0.1) is 0 Å². The molecule has 1 saturated heterocycles. The van der Waals surface area contributed by atoms with Crippen molar-refractivity contribution < 1.29 is 24.2 Å². The van der Waals surface area contributed by atoms with Crippen molar-refractivity contribution in [2.24, 2.45) is 0 Å². The van der Waals surface area contributed by atoms with E-state index in [1.807, 2.05) is 19.1 Å². The average molecular weight is 453 g/mol. The molecule has 1 heterocycles. The summed E-state index contributed by atoms with van der Waals surface area (Å²) in [6.07, 6.45) is 0. The lowest BCUT2D eigenvalue weighted by molar-refractivity contribution is -0.140. The van der Waals surface area contributed by atoms with Gasteiger partial charge in [-0.2, -0.15) is 0 Å². The van der Waals surface area contributed by atoms with Crippen LogP contribution in [0.2, 0.25) is 0 Å². The zero-order chi connectivity index (χ0) is 24.0. The minimum Gasteiger partial charge on any atom is -0.507 e. The molecular formula is C26H32N2O5. The van der Waals surface area contributed by atoms with E-state index in [0.29, 0.717) is 42.3 Å². The zero-order valence-electron chi connectivity index (χ0n) is 19.7. The highest BCUT2D eigenvalue weighted by Crippen LogP contribution is 2.41. The molecule has 7 heteroatoms. The van der Waals surface area contributed by atoms with Crippen molar-refractivity contribution in [2.45, 2.75) is 26.8 Å². The first-order chi connectivity index (χ1) is 16.0. The van der Waals surface area contributed by atoms with E-state index in [4.69, 9.17) is 9.47 Å². The van der Waals surface area contributed by atoms with Gasteiger partial charge in [-0.3, -0.25) is 9.59 Å². The van der Waals surface area contributed by atoms with Gasteiger partial charge in [0, 0.05) is 18.7 Å². The lowest BCUT2D eigenvalue weighted by Gasteiger charge is -2.28. The topological polar surface area (TPSA) is 79.3 Å². The van der Waals surface area contributed by atoms with Crippen LogP contribution >= 0.6 is 0 Å². The van der Waals surface area contributed by atoms with Crippen LogP contribution in [-0.2, 0) is 9.59 Å². The zero-order valence-corrected chi connectivity index (χ0v) is 19.7. The number of hydrogen-bond donors (Lipinski definition) is 1. The smallest absolute Gasteiger partial charge is 0.295 e. The molecule has 0 unspecified atom stereocenters. The Hall–Kier alpha value is -3.32. The fourth-order valence-electron chi connectivity index (χ4n) is 4.13. The fourth-order valence-corrected chi connectivity index (χ4v) is 4.13. The molecule has 0 radical (unpaired) electrons. The maximum Gasteiger partial charge on any atom is 0.295 e. The number of aliphatic hydroxyl groups excluding tert-OH is 1. The second-order valence-electron chi connectivity index (χ2n) is 7.73. The largest absolute Gasteiger partial charge is 0.507 e. The van der Waals surface area contributed by atoms with Crippen LogP contribution in [0.4, 0.5) is 0 Å². The second-order valence-corrected chi connectivity index (χ2v) is 7.73. The van der Waals surface area contributed by atoms with Gasteiger partial charge in [0.15, 0.2) is 11.5 Å². The number of amides is 1. The van der Waals surface area contributed by atoms with Crippen molar-refractivity contribution in [1.82, 2.24) is 9.80 Å². The molecule has 1 atom stereocenters. The van der Waals surface area contributed by atoms with Gasteiger partial charge in [0.05, 0.1) is 25.3 Å². The van der Waals surface area contributed by atoms with Crippen LogP contribution < -0.4 is 9.47 Å². The minimum absolute atomic E-state index is 0.0805. The van der Waals surface area contributed by atoms with Gasteiger partial charge in [-0.25, -0.2) is 0 Å². The maximum atomic E-state index is 13.1. The van der Waals surface area contributed by atoms with Crippen molar-refractivity contribution in [3.05, 3.63) is 65.2 Å². The van der Waals surface area contributed by atoms with Gasteiger partial charge in [0.2, 0.25) is 0 Å². The Morgan fingerprint density at radius 1 is 1.03 bits per heavy atom. The van der Waals surface area contributed by atoms with Crippen LogP contribution in [0.1, 0.15) is 37.9 Å². The monoisotopic (exact) mass is 452 g/mol. The van der Waals surface area contributed by atoms with Crippen LogP contribution in [0.15, 0.2) is 54.1 Å². The SMILES string of the molecule is CCOc1ccc([C@@H]2/C(=C(\O)c3ccccc3)C(=O)C(=O)N2CCN(CC)CC)cc1OC. The van der Waals surface area contributed by atoms with E-state index in [1.165, 1.54) is 0 Å². The Balaban J connectivity index is 2.13. The number of carbonyl (C=O) groups excluding carboxylic acids is 2. The van der Waals surface area contributed by atoms with Crippen molar-refractivity contribution in [3.8, 4) is 11.5 Å². The van der Waals surface area contributed by atoms with Gasteiger partial charge in [0.25, 0.3) is 11.7 Å². The predicted molar refractivity (Wildman–Crippen MR) is 127 cm³/mol. The first-order valence-corrected chi connectivity index (χ1v) is 11.3. The lowest BCUT2D eigenvalue weighted by atomic mass is 9.95. The highest BCUT2D eigenvalue weighted by molar-refractivity contribution is 6.46. The predicted octanol–water partition coefficient (Wildman–Crippen LogP) is 3.86. The standard InChI is InChI=1S/C26H32N2O5/c1-5-27(6-2)15-16-28-23(19-13-14-20(33-7-3)21(17-19)32-4)22(25(30)26(28)31)24(29)18-11-9-8-10-12-18/h8-14,17,23,29H,5-7,15-16H2,1-4H3/b24-22+/t23-/m1/s1. The van der Waals surface area contributed by atoms with E-state index in [2.05, 4.69) is 18.7 Å². The quantitative estimate of drug-likeness (QED) is 0.335. The van der Waals surface area contributed by atoms with Gasteiger partial charge in [0.1, 0.15) is 5.76 Å². The van der Waals surface area contributed by atoms with Crippen LogP contribution in [0.3, 0.4) is 0 Å². The van der Waals surface area contributed by atoms with Crippen LogP contribution in [-0.4, -0.2) is 66.5 Å². The Labute approximate surface area is 195 Å². The van der Waals surface area contributed by atoms with Crippen LogP contribution in [0.25, 0.3) is 5.76 Å². The maximum absolute atomic E-state index is 13.1. The molecule has 0 bridgehead atoms. The normalized spacial score (nSPS) is 17.6. The molecule has 3 rings (SSSR count). The number of methoxy groups -OCH3 is 1. The van der Waals surface area contributed by atoms with E-state index < -0.39 is 17.7 Å². The molecule has 2 aromatic carbocycles. The summed E-state index contributed by atoms with van der Waals surface area (Å²) < 4.78 is 11.1. The van der Waals surface area contributed by atoms with E-state index in [0.717, 1.165) is 13.1 Å². The highest BCUT2D eigenvalue weighted by atomic mass is 16.5. The van der Waals surface area contributed by atoms with E-state index in [1.54, 1.807) is 48.4 Å². The first kappa shape index (κ1) is 24.3. The summed E-state index contributed by atoms with van der Waals surface area (Å²) in [6.45, 7) is 9.14. The number of carbonyl (C=O) groups is 2. The van der Waals surface area contributed by atoms with Gasteiger partial charge < -0.3 is 24.4 Å². The number of nitrogens with zero attached hydrogens (tertiary/aromatic N) is 2. The van der Waals surface area contributed by atoms with Crippen LogP contribution in [0, 0.1) is 0 Å². The van der Waals surface area contributed by atoms with Gasteiger partial charge in [-0.1, -0.05) is 50.2 Å². The molecule has 0 saturated carbocycles. The van der Waals surface area contributed by atoms with Gasteiger partial charge >= 0.3 is 0 Å². The van der Waals surface area contributed by atoms with E-state index in [9.17, 15) is 14.7 Å². The molecule has 7 nitrogen and oxygen atoms in total. The van der Waals surface area contributed by atoms with E-state index >= 15 is 0 Å². The minimum atomic E-state index is -0.731. The molecule has 1 N–H and O–H groups in total. The summed E-state index contributed by atoms with van der Waals surface area (Å²) >= 11 is 0. The number of benzene rings is 2. The third kappa shape index (κ3) is 5.03. The number of likely N-dealkylation sites (N-methyl/N-ethyl adjacent to an activating group) is 1. The summed E-state index contributed by atoms with van der Waals surface area (Å²) in [7, 11) is 1.54. The lowest BCUT2D eigenvalue weighted by Crippen LogP contribution is -2.38. The average Bonchev–Trinajstić information content (AvgIpc) is 3.10. The molecule has 1 amide bonds. The number of ketones is 1. The molecule has 1 aliphatic rings. The number of likely N-dealkylation sites (tertiary alicyclic amines) is 1. The fraction of sp³-hybridized carbons (Fsp3) is 0.385. The number of ether oxygens (including phenoxy) is 2. The summed E-state index contributed by atoms with van der Waals surface area (Å²) in [5.41, 5.74) is 1.24. The Morgan fingerprint density at radius 3 is 2.33 bits per heavy atom. The molecule has 0 spiro atoms. The molecular weight excluding hydrogens is 420 g/mol. The molecule has 0 aromatic heterocycles. The molecule has 33 heavy (non-hydrogen) atoms. The van der Waals surface area contributed by atoms with Gasteiger partial charge in [-0.05, 0) is 37.7 Å².